The van der Waals surface area contributed by atoms with Crippen LogP contribution in [0.25, 0.3) is 0 Å². The van der Waals surface area contributed by atoms with Gasteiger partial charge in [0.2, 0.25) is 0 Å². The van der Waals surface area contributed by atoms with Crippen LogP contribution in [0.1, 0.15) is 44.4 Å². The normalized spacial score (nSPS) is 17.8. The van der Waals surface area contributed by atoms with Gasteiger partial charge in [-0.1, -0.05) is 13.8 Å². The molecule has 0 aliphatic carbocycles. The van der Waals surface area contributed by atoms with Crippen LogP contribution in [0.3, 0.4) is 0 Å². The van der Waals surface area contributed by atoms with Crippen molar-refractivity contribution in [2.24, 2.45) is 13.0 Å². The van der Waals surface area contributed by atoms with Gasteiger partial charge in [0, 0.05) is 25.4 Å². The second-order valence-corrected chi connectivity index (χ2v) is 6.18. The Kier molecular flexibility index (Phi) is 6.05. The lowest BCUT2D eigenvalue weighted by atomic mass is 9.99. The standard InChI is InChI=1S/C16H30N4/c1-4-16-15(13-19(3)18-16)12-17-8-5-9-20-10-6-14(2)7-11-20/h13-14,17H,4-12H2,1-3H3. The summed E-state index contributed by atoms with van der Waals surface area (Å²) in [7, 11) is 2.00. The van der Waals surface area contributed by atoms with E-state index >= 15 is 0 Å². The number of piperidine rings is 1. The van der Waals surface area contributed by atoms with Crippen molar-refractivity contribution < 1.29 is 0 Å². The summed E-state index contributed by atoms with van der Waals surface area (Å²) < 4.78 is 1.92. The molecule has 1 aliphatic heterocycles. The molecule has 0 unspecified atom stereocenters. The molecule has 2 rings (SSSR count). The molecule has 0 radical (unpaired) electrons. The van der Waals surface area contributed by atoms with Crippen LogP contribution in [0.4, 0.5) is 0 Å². The van der Waals surface area contributed by atoms with Crippen LogP contribution >= 0.6 is 0 Å². The first-order chi connectivity index (χ1) is 9.69. The lowest BCUT2D eigenvalue weighted by molar-refractivity contribution is 0.190. The highest BCUT2D eigenvalue weighted by Gasteiger charge is 2.14. The summed E-state index contributed by atoms with van der Waals surface area (Å²) in [5.41, 5.74) is 2.58. The second kappa shape index (κ2) is 7.79. The van der Waals surface area contributed by atoms with Gasteiger partial charge in [-0.15, -0.1) is 0 Å². The molecule has 114 valence electrons. The van der Waals surface area contributed by atoms with Crippen molar-refractivity contribution in [2.75, 3.05) is 26.2 Å². The van der Waals surface area contributed by atoms with E-state index in [1.54, 1.807) is 0 Å². The maximum Gasteiger partial charge on any atom is 0.0666 e. The van der Waals surface area contributed by atoms with Gasteiger partial charge in [0.25, 0.3) is 0 Å². The Balaban J connectivity index is 1.59. The van der Waals surface area contributed by atoms with Crippen LogP contribution in [0.2, 0.25) is 0 Å². The van der Waals surface area contributed by atoms with Crippen LogP contribution in [0, 0.1) is 5.92 Å². The summed E-state index contributed by atoms with van der Waals surface area (Å²) in [6, 6.07) is 0. The van der Waals surface area contributed by atoms with Gasteiger partial charge >= 0.3 is 0 Å². The van der Waals surface area contributed by atoms with E-state index in [1.165, 1.54) is 50.2 Å². The van der Waals surface area contributed by atoms with Gasteiger partial charge in [0.15, 0.2) is 0 Å². The molecule has 1 aromatic heterocycles. The smallest absolute Gasteiger partial charge is 0.0666 e. The zero-order valence-corrected chi connectivity index (χ0v) is 13.4. The molecule has 20 heavy (non-hydrogen) atoms. The van der Waals surface area contributed by atoms with Crippen molar-refractivity contribution in [3.8, 4) is 0 Å². The van der Waals surface area contributed by atoms with Gasteiger partial charge in [-0.05, 0) is 57.8 Å². The Labute approximate surface area is 123 Å². The minimum Gasteiger partial charge on any atom is -0.312 e. The molecule has 0 spiro atoms. The van der Waals surface area contributed by atoms with Crippen LogP contribution < -0.4 is 5.32 Å². The quantitative estimate of drug-likeness (QED) is 0.776. The monoisotopic (exact) mass is 278 g/mol. The molecule has 4 heteroatoms. The van der Waals surface area contributed by atoms with E-state index in [-0.39, 0.29) is 0 Å². The zero-order chi connectivity index (χ0) is 14.4. The number of nitrogens with one attached hydrogen (secondary N) is 1. The summed E-state index contributed by atoms with van der Waals surface area (Å²) in [6.45, 7) is 10.4. The second-order valence-electron chi connectivity index (χ2n) is 6.18. The molecule has 2 heterocycles. The molecule has 0 amide bonds. The molecule has 1 saturated heterocycles. The fraction of sp³-hybridized carbons (Fsp3) is 0.812. The molecular formula is C16H30N4. The van der Waals surface area contributed by atoms with Crippen LogP contribution in [-0.4, -0.2) is 40.9 Å². The third kappa shape index (κ3) is 4.60. The number of aryl methyl sites for hydroxylation is 2. The van der Waals surface area contributed by atoms with Gasteiger partial charge in [-0.2, -0.15) is 5.10 Å². The molecule has 0 bridgehead atoms. The summed E-state index contributed by atoms with van der Waals surface area (Å²) in [6.07, 6.45) is 7.16. The van der Waals surface area contributed by atoms with E-state index < -0.39 is 0 Å². The first-order valence-corrected chi connectivity index (χ1v) is 8.13. The van der Waals surface area contributed by atoms with Gasteiger partial charge in [-0.3, -0.25) is 4.68 Å². The lowest BCUT2D eigenvalue weighted by Crippen LogP contribution is -2.34. The number of hydrogen-bond donors (Lipinski definition) is 1. The molecular weight excluding hydrogens is 248 g/mol. The predicted octanol–water partition coefficient (Wildman–Crippen LogP) is 2.19. The van der Waals surface area contributed by atoms with Crippen LogP contribution in [0.15, 0.2) is 6.20 Å². The minimum absolute atomic E-state index is 0.933. The number of rotatable bonds is 7. The Morgan fingerprint density at radius 1 is 1.35 bits per heavy atom. The summed E-state index contributed by atoms with van der Waals surface area (Å²) >= 11 is 0. The van der Waals surface area contributed by atoms with Gasteiger partial charge < -0.3 is 10.2 Å². The van der Waals surface area contributed by atoms with E-state index in [0.717, 1.165) is 25.4 Å². The average Bonchev–Trinajstić information content (AvgIpc) is 2.81. The molecule has 0 atom stereocenters. The summed E-state index contributed by atoms with van der Waals surface area (Å²) in [4.78, 5) is 2.61. The fourth-order valence-electron chi connectivity index (χ4n) is 2.97. The molecule has 0 saturated carbocycles. The minimum atomic E-state index is 0.933. The van der Waals surface area contributed by atoms with Gasteiger partial charge in [0.05, 0.1) is 5.69 Å². The topological polar surface area (TPSA) is 33.1 Å². The van der Waals surface area contributed by atoms with Crippen molar-refractivity contribution in [1.82, 2.24) is 20.0 Å². The molecule has 1 aliphatic rings. The zero-order valence-electron chi connectivity index (χ0n) is 13.4. The third-order valence-corrected chi connectivity index (χ3v) is 4.35. The van der Waals surface area contributed by atoms with Crippen molar-refractivity contribution >= 4 is 0 Å². The molecule has 1 aromatic rings. The number of nitrogens with zero attached hydrogens (tertiary/aromatic N) is 3. The van der Waals surface area contributed by atoms with Crippen LogP contribution in [0.5, 0.6) is 0 Å². The molecule has 1 N–H and O–H groups in total. The van der Waals surface area contributed by atoms with Gasteiger partial charge in [0.1, 0.15) is 0 Å². The predicted molar refractivity (Wildman–Crippen MR) is 83.7 cm³/mol. The third-order valence-electron chi connectivity index (χ3n) is 4.35. The first kappa shape index (κ1) is 15.5. The lowest BCUT2D eigenvalue weighted by Gasteiger charge is -2.30. The Morgan fingerprint density at radius 3 is 2.80 bits per heavy atom. The number of likely N-dealkylation sites (tertiary alicyclic amines) is 1. The fourth-order valence-corrected chi connectivity index (χ4v) is 2.97. The maximum absolute atomic E-state index is 4.48. The van der Waals surface area contributed by atoms with Crippen LogP contribution in [-0.2, 0) is 20.0 Å². The van der Waals surface area contributed by atoms with E-state index in [0.29, 0.717) is 0 Å². The largest absolute Gasteiger partial charge is 0.312 e. The van der Waals surface area contributed by atoms with Crippen molar-refractivity contribution in [3.05, 3.63) is 17.5 Å². The van der Waals surface area contributed by atoms with Gasteiger partial charge in [-0.25, -0.2) is 0 Å². The Morgan fingerprint density at radius 2 is 2.10 bits per heavy atom. The first-order valence-electron chi connectivity index (χ1n) is 8.13. The highest BCUT2D eigenvalue weighted by atomic mass is 15.3. The summed E-state index contributed by atoms with van der Waals surface area (Å²) in [5, 5.41) is 8.04. The Bertz CT molecular complexity index is 391. The highest BCUT2D eigenvalue weighted by molar-refractivity contribution is 5.16. The van der Waals surface area contributed by atoms with Crippen molar-refractivity contribution in [2.45, 2.75) is 46.1 Å². The molecule has 1 fully saturated rings. The van der Waals surface area contributed by atoms with E-state index in [9.17, 15) is 0 Å². The number of hydrogen-bond acceptors (Lipinski definition) is 3. The Hall–Kier alpha value is -0.870. The van der Waals surface area contributed by atoms with E-state index in [2.05, 4.69) is 35.4 Å². The van der Waals surface area contributed by atoms with Crippen molar-refractivity contribution in [3.63, 3.8) is 0 Å². The SMILES string of the molecule is CCc1nn(C)cc1CNCCCN1CCC(C)CC1. The van der Waals surface area contributed by atoms with E-state index in [4.69, 9.17) is 0 Å². The van der Waals surface area contributed by atoms with E-state index in [1.807, 2.05) is 11.7 Å². The number of aromatic nitrogens is 2. The van der Waals surface area contributed by atoms with Crippen molar-refractivity contribution in [1.29, 1.82) is 0 Å². The summed E-state index contributed by atoms with van der Waals surface area (Å²) in [5.74, 6) is 0.933. The average molecular weight is 278 g/mol. The highest BCUT2D eigenvalue weighted by Crippen LogP contribution is 2.15. The molecule has 4 nitrogen and oxygen atoms in total. The molecule has 0 aromatic carbocycles. The maximum atomic E-state index is 4.48.